The highest BCUT2D eigenvalue weighted by molar-refractivity contribution is 5.94. The summed E-state index contributed by atoms with van der Waals surface area (Å²) in [6, 6.07) is 4.24. The number of amides is 1. The van der Waals surface area contributed by atoms with Crippen molar-refractivity contribution in [3.8, 4) is 0 Å². The normalized spacial score (nSPS) is 18.3. The number of carbonyl (C=O) groups excluding carboxylic acids is 1. The van der Waals surface area contributed by atoms with Crippen LogP contribution in [0.25, 0.3) is 0 Å². The Labute approximate surface area is 133 Å². The van der Waals surface area contributed by atoms with Crippen molar-refractivity contribution in [1.82, 2.24) is 10.3 Å². The lowest BCUT2D eigenvalue weighted by atomic mass is 10.00. The molecule has 5 nitrogen and oxygen atoms in total. The van der Waals surface area contributed by atoms with E-state index in [-0.39, 0.29) is 5.91 Å². The number of rotatable bonds is 7. The van der Waals surface area contributed by atoms with Gasteiger partial charge in [-0.3, -0.25) is 4.79 Å². The van der Waals surface area contributed by atoms with Gasteiger partial charge in [0.1, 0.15) is 5.82 Å². The number of hydrogen-bond donors (Lipinski definition) is 1. The van der Waals surface area contributed by atoms with Crippen LogP contribution < -0.4 is 10.2 Å². The lowest BCUT2D eigenvalue weighted by molar-refractivity contribution is 0.0948. The molecule has 0 aromatic carbocycles. The molecule has 0 saturated carbocycles. The molecular formula is C17H27N3O2. The molecule has 1 aliphatic rings. The maximum absolute atomic E-state index is 12.2. The Bertz CT molecular complexity index is 479. The summed E-state index contributed by atoms with van der Waals surface area (Å²) in [4.78, 5) is 19.0. The van der Waals surface area contributed by atoms with Crippen LogP contribution in [0.1, 0.15) is 49.4 Å². The fourth-order valence-electron chi connectivity index (χ4n) is 2.96. The van der Waals surface area contributed by atoms with Crippen LogP contribution in [0, 0.1) is 0 Å². The molecule has 1 unspecified atom stereocenters. The average Bonchev–Trinajstić information content (AvgIpc) is 2.58. The lowest BCUT2D eigenvalue weighted by Gasteiger charge is -2.36. The van der Waals surface area contributed by atoms with Crippen molar-refractivity contribution < 1.29 is 9.53 Å². The summed E-state index contributed by atoms with van der Waals surface area (Å²) in [7, 11) is 1.67. The first-order valence-electron chi connectivity index (χ1n) is 8.26. The highest BCUT2D eigenvalue weighted by Crippen LogP contribution is 2.25. The number of aromatic nitrogens is 1. The summed E-state index contributed by atoms with van der Waals surface area (Å²) in [6.45, 7) is 4.54. The van der Waals surface area contributed by atoms with Gasteiger partial charge in [0.2, 0.25) is 0 Å². The van der Waals surface area contributed by atoms with E-state index in [0.717, 1.165) is 25.2 Å². The predicted molar refractivity (Wildman–Crippen MR) is 88.3 cm³/mol. The molecule has 5 heteroatoms. The van der Waals surface area contributed by atoms with Gasteiger partial charge in [0.25, 0.3) is 5.91 Å². The maximum atomic E-state index is 12.2. The van der Waals surface area contributed by atoms with Crippen molar-refractivity contribution in [2.45, 2.75) is 45.1 Å². The number of nitrogens with zero attached hydrogens (tertiary/aromatic N) is 2. The monoisotopic (exact) mass is 305 g/mol. The molecule has 0 bridgehead atoms. The van der Waals surface area contributed by atoms with Crippen molar-refractivity contribution in [3.05, 3.63) is 23.9 Å². The zero-order valence-electron chi connectivity index (χ0n) is 13.7. The smallest absolute Gasteiger partial charge is 0.251 e. The van der Waals surface area contributed by atoms with Crippen molar-refractivity contribution in [2.75, 3.05) is 31.7 Å². The van der Waals surface area contributed by atoms with Crippen molar-refractivity contribution in [1.29, 1.82) is 0 Å². The van der Waals surface area contributed by atoms with E-state index >= 15 is 0 Å². The number of nitrogens with one attached hydrogen (secondary N) is 1. The highest BCUT2D eigenvalue weighted by Gasteiger charge is 2.22. The molecule has 1 fully saturated rings. The van der Waals surface area contributed by atoms with E-state index in [1.54, 1.807) is 19.4 Å². The Kier molecular flexibility index (Phi) is 6.65. The summed E-state index contributed by atoms with van der Waals surface area (Å²) in [6.07, 6.45) is 7.38. The minimum atomic E-state index is -0.0372. The summed E-state index contributed by atoms with van der Waals surface area (Å²) >= 11 is 0. The van der Waals surface area contributed by atoms with E-state index in [0.29, 0.717) is 24.8 Å². The topological polar surface area (TPSA) is 54.5 Å². The summed E-state index contributed by atoms with van der Waals surface area (Å²) < 4.78 is 4.98. The largest absolute Gasteiger partial charge is 0.385 e. The molecular weight excluding hydrogens is 278 g/mol. The van der Waals surface area contributed by atoms with Gasteiger partial charge in [-0.2, -0.15) is 0 Å². The third-order valence-electron chi connectivity index (χ3n) is 4.21. The molecule has 0 aliphatic carbocycles. The van der Waals surface area contributed by atoms with Gasteiger partial charge in [0.15, 0.2) is 0 Å². The summed E-state index contributed by atoms with van der Waals surface area (Å²) in [5.74, 6) is 0.890. The van der Waals surface area contributed by atoms with E-state index in [2.05, 4.69) is 22.1 Å². The van der Waals surface area contributed by atoms with Crippen LogP contribution in [0.5, 0.6) is 0 Å². The van der Waals surface area contributed by atoms with Gasteiger partial charge in [-0.15, -0.1) is 0 Å². The second-order valence-electron chi connectivity index (χ2n) is 5.76. The summed E-state index contributed by atoms with van der Waals surface area (Å²) in [5, 5.41) is 2.92. The zero-order chi connectivity index (χ0) is 15.8. The van der Waals surface area contributed by atoms with Gasteiger partial charge in [0.05, 0.1) is 0 Å². The molecule has 122 valence electrons. The molecule has 0 spiro atoms. The van der Waals surface area contributed by atoms with E-state index in [4.69, 9.17) is 4.74 Å². The molecule has 22 heavy (non-hydrogen) atoms. The molecule has 0 radical (unpaired) electrons. The van der Waals surface area contributed by atoms with Crippen LogP contribution in [0.4, 0.5) is 5.82 Å². The summed E-state index contributed by atoms with van der Waals surface area (Å²) in [5.41, 5.74) is 0.683. The van der Waals surface area contributed by atoms with Crippen molar-refractivity contribution in [2.24, 2.45) is 0 Å². The number of pyridine rings is 1. The number of carbonyl (C=O) groups is 1. The Hall–Kier alpha value is -1.62. The fraction of sp³-hybridized carbons (Fsp3) is 0.647. The Balaban J connectivity index is 2.01. The van der Waals surface area contributed by atoms with E-state index < -0.39 is 0 Å². The third kappa shape index (κ3) is 4.44. The zero-order valence-corrected chi connectivity index (χ0v) is 13.7. The number of methoxy groups -OCH3 is 1. The van der Waals surface area contributed by atoms with Gasteiger partial charge >= 0.3 is 0 Å². The van der Waals surface area contributed by atoms with Gasteiger partial charge in [-0.05, 0) is 44.2 Å². The number of piperidine rings is 1. The van der Waals surface area contributed by atoms with Gasteiger partial charge in [0, 0.05) is 44.6 Å². The average molecular weight is 305 g/mol. The van der Waals surface area contributed by atoms with Crippen LogP contribution in [0.2, 0.25) is 0 Å². The third-order valence-corrected chi connectivity index (χ3v) is 4.21. The SMILES string of the molecule is CCC1CCCCN1c1cc(C(=O)NCCCOC)ccn1. The number of hydrogen-bond acceptors (Lipinski definition) is 4. The predicted octanol–water partition coefficient (Wildman–Crippen LogP) is 2.62. The Morgan fingerprint density at radius 1 is 1.50 bits per heavy atom. The number of ether oxygens (including phenoxy) is 1. The molecule has 2 rings (SSSR count). The molecule has 1 N–H and O–H groups in total. The molecule has 1 atom stereocenters. The molecule has 1 aliphatic heterocycles. The van der Waals surface area contributed by atoms with Crippen LogP contribution in [0.15, 0.2) is 18.3 Å². The maximum Gasteiger partial charge on any atom is 0.251 e. The first-order chi connectivity index (χ1) is 10.8. The lowest BCUT2D eigenvalue weighted by Crippen LogP contribution is -2.39. The second kappa shape index (κ2) is 8.73. The van der Waals surface area contributed by atoms with Crippen molar-refractivity contribution >= 4 is 11.7 Å². The number of anilines is 1. The van der Waals surface area contributed by atoms with Crippen LogP contribution >= 0.6 is 0 Å². The quantitative estimate of drug-likeness (QED) is 0.787. The Morgan fingerprint density at radius 3 is 3.14 bits per heavy atom. The molecule has 2 heterocycles. The van der Waals surface area contributed by atoms with Crippen LogP contribution in [-0.2, 0) is 4.74 Å². The van der Waals surface area contributed by atoms with Gasteiger partial charge < -0.3 is 15.0 Å². The molecule has 1 aromatic heterocycles. The second-order valence-corrected chi connectivity index (χ2v) is 5.76. The van der Waals surface area contributed by atoms with E-state index in [9.17, 15) is 4.79 Å². The minimum absolute atomic E-state index is 0.0372. The van der Waals surface area contributed by atoms with Crippen LogP contribution in [-0.4, -0.2) is 43.7 Å². The highest BCUT2D eigenvalue weighted by atomic mass is 16.5. The standard InChI is InChI=1S/C17H27N3O2/c1-3-15-7-4-5-11-20(15)16-13-14(8-10-18-16)17(21)19-9-6-12-22-2/h8,10,13,15H,3-7,9,11-12H2,1-2H3,(H,19,21). The first-order valence-corrected chi connectivity index (χ1v) is 8.26. The van der Waals surface area contributed by atoms with Gasteiger partial charge in [-0.1, -0.05) is 6.92 Å². The molecule has 1 saturated heterocycles. The van der Waals surface area contributed by atoms with Gasteiger partial charge in [-0.25, -0.2) is 4.98 Å². The van der Waals surface area contributed by atoms with Crippen LogP contribution in [0.3, 0.4) is 0 Å². The minimum Gasteiger partial charge on any atom is -0.385 e. The molecule has 1 aromatic rings. The fourth-order valence-corrected chi connectivity index (χ4v) is 2.96. The van der Waals surface area contributed by atoms with Crippen molar-refractivity contribution in [3.63, 3.8) is 0 Å². The molecule has 1 amide bonds. The van der Waals surface area contributed by atoms with E-state index in [1.165, 1.54) is 19.3 Å². The van der Waals surface area contributed by atoms with E-state index in [1.807, 2.05) is 6.07 Å². The first kappa shape index (κ1) is 16.7. The Morgan fingerprint density at radius 2 is 2.36 bits per heavy atom.